The number of anilines is 1. The molecule has 1 aromatic heterocycles. The van der Waals surface area contributed by atoms with E-state index in [1.54, 1.807) is 0 Å². The van der Waals surface area contributed by atoms with E-state index in [4.69, 9.17) is 20.6 Å². The van der Waals surface area contributed by atoms with Gasteiger partial charge >= 0.3 is 7.82 Å². The minimum atomic E-state index is -3.87. The van der Waals surface area contributed by atoms with Crippen LogP contribution in [0.2, 0.25) is 5.02 Å². The van der Waals surface area contributed by atoms with Crippen molar-refractivity contribution in [2.24, 2.45) is 0 Å². The average molecular weight is 867 g/mol. The Labute approximate surface area is 369 Å². The fourth-order valence-corrected chi connectivity index (χ4v) is 8.70. The number of nitrogens with one attached hydrogen (secondary N) is 1. The van der Waals surface area contributed by atoms with Crippen molar-refractivity contribution in [1.82, 2.24) is 9.88 Å². The molecule has 1 aromatic carbocycles. The molecule has 344 valence electrons. The second-order valence-corrected chi connectivity index (χ2v) is 19.0. The van der Waals surface area contributed by atoms with Gasteiger partial charge in [-0.1, -0.05) is 206 Å². The molecule has 0 saturated heterocycles. The third kappa shape index (κ3) is 33.1. The van der Waals surface area contributed by atoms with Crippen LogP contribution in [0.1, 0.15) is 227 Å². The summed E-state index contributed by atoms with van der Waals surface area (Å²) in [5.41, 5.74) is 2.07. The topological polar surface area (TPSA) is 83.9 Å². The Hall–Kier alpha value is -1.21. The molecule has 0 amide bonds. The lowest BCUT2D eigenvalue weighted by molar-refractivity contribution is 0.145. The number of hydrogen-bond acceptors (Lipinski definition) is 6. The number of halogens is 1. The first kappa shape index (κ1) is 55.8. The van der Waals surface area contributed by atoms with E-state index in [2.05, 4.69) is 49.8 Å². The largest absolute Gasteiger partial charge is 0.472 e. The Bertz CT molecular complexity index is 1230. The second-order valence-electron chi connectivity index (χ2n) is 17.1. The zero-order chi connectivity index (χ0) is 43.1. The van der Waals surface area contributed by atoms with Gasteiger partial charge in [0.15, 0.2) is 0 Å². The zero-order valence-electron chi connectivity index (χ0n) is 39.1. The molecule has 2 N–H and O–H groups in total. The predicted molar refractivity (Wildman–Crippen MR) is 259 cm³/mol. The Morgan fingerprint density at radius 3 is 1.44 bits per heavy atom. The van der Waals surface area contributed by atoms with E-state index >= 15 is 0 Å². The summed E-state index contributed by atoms with van der Waals surface area (Å²) >= 11 is 6.04. The monoisotopic (exact) mass is 866 g/mol. The SMILES string of the molecule is CCCCCCCCCCCCCCCCOP(=O)(O)OCCCCCCCCCCCCCCCC.CCN(CC)CCCC(C)Nc1ccnc2cc(Cl)ccc12. The summed E-state index contributed by atoms with van der Waals surface area (Å²) in [6.07, 6.45) is 40.6. The van der Waals surface area contributed by atoms with Crippen molar-refractivity contribution in [1.29, 1.82) is 0 Å². The van der Waals surface area contributed by atoms with E-state index in [0.717, 1.165) is 66.8 Å². The lowest BCUT2D eigenvalue weighted by Crippen LogP contribution is -2.25. The van der Waals surface area contributed by atoms with E-state index in [1.807, 2.05) is 30.5 Å². The predicted octanol–water partition coefficient (Wildman–Crippen LogP) is 16.9. The van der Waals surface area contributed by atoms with Crippen LogP contribution in [0, 0.1) is 0 Å². The van der Waals surface area contributed by atoms with Crippen LogP contribution in [0.3, 0.4) is 0 Å². The van der Waals surface area contributed by atoms with Crippen LogP contribution >= 0.6 is 19.4 Å². The molecule has 2 aromatic rings. The van der Waals surface area contributed by atoms with Gasteiger partial charge in [0.25, 0.3) is 0 Å². The van der Waals surface area contributed by atoms with Crippen molar-refractivity contribution in [3.8, 4) is 0 Å². The van der Waals surface area contributed by atoms with Gasteiger partial charge in [0.1, 0.15) is 0 Å². The second kappa shape index (κ2) is 39.6. The third-order valence-electron chi connectivity index (χ3n) is 11.6. The number of phosphoric ester groups is 1. The highest BCUT2D eigenvalue weighted by Gasteiger charge is 2.20. The maximum atomic E-state index is 12.0. The highest BCUT2D eigenvalue weighted by Crippen LogP contribution is 2.43. The Morgan fingerprint density at radius 2 is 1.03 bits per heavy atom. The number of benzene rings is 1. The summed E-state index contributed by atoms with van der Waals surface area (Å²) in [5, 5.41) is 5.47. The van der Waals surface area contributed by atoms with Crippen LogP contribution in [-0.4, -0.2) is 53.7 Å². The van der Waals surface area contributed by atoms with Crippen molar-refractivity contribution in [2.45, 2.75) is 233 Å². The number of phosphoric acid groups is 1. The van der Waals surface area contributed by atoms with Gasteiger partial charge in [-0.15, -0.1) is 0 Å². The van der Waals surface area contributed by atoms with Gasteiger partial charge in [-0.2, -0.15) is 0 Å². The molecule has 0 spiro atoms. The lowest BCUT2D eigenvalue weighted by Gasteiger charge is -2.20. The molecule has 1 unspecified atom stereocenters. The Morgan fingerprint density at radius 1 is 0.627 bits per heavy atom. The highest BCUT2D eigenvalue weighted by molar-refractivity contribution is 7.47. The first-order chi connectivity index (χ1) is 28.8. The smallest absolute Gasteiger partial charge is 0.382 e. The van der Waals surface area contributed by atoms with Crippen molar-refractivity contribution in [3.63, 3.8) is 0 Å². The van der Waals surface area contributed by atoms with Gasteiger partial charge in [-0.05, 0) is 76.5 Å². The molecule has 0 aliphatic rings. The van der Waals surface area contributed by atoms with Gasteiger partial charge in [-0.25, -0.2) is 4.57 Å². The number of nitrogens with zero attached hydrogens (tertiary/aromatic N) is 2. The summed E-state index contributed by atoms with van der Waals surface area (Å²) in [7, 11) is -3.87. The first-order valence-corrected chi connectivity index (χ1v) is 26.8. The number of unbranched alkanes of at least 4 members (excludes halogenated alkanes) is 26. The van der Waals surface area contributed by atoms with Crippen LogP contribution in [0.15, 0.2) is 30.5 Å². The number of pyridine rings is 1. The molecule has 0 aliphatic carbocycles. The van der Waals surface area contributed by atoms with Crippen molar-refractivity contribution in [3.05, 3.63) is 35.5 Å². The summed E-state index contributed by atoms with van der Waals surface area (Å²) in [6, 6.07) is 8.35. The molecule has 0 radical (unpaired) electrons. The van der Waals surface area contributed by atoms with Crippen molar-refractivity contribution < 1.29 is 18.5 Å². The van der Waals surface area contributed by atoms with Crippen LogP contribution in [-0.2, 0) is 13.6 Å². The Kier molecular flexibility index (Phi) is 37.5. The third-order valence-corrected chi connectivity index (χ3v) is 12.9. The van der Waals surface area contributed by atoms with Gasteiger partial charge < -0.3 is 15.1 Å². The summed E-state index contributed by atoms with van der Waals surface area (Å²) in [6.45, 7) is 15.3. The molecule has 7 nitrogen and oxygen atoms in total. The Balaban J connectivity index is 0.000000666. The molecular formula is C50H93ClN3O4P. The van der Waals surface area contributed by atoms with E-state index in [0.29, 0.717) is 19.3 Å². The fourth-order valence-electron chi connectivity index (χ4n) is 7.74. The van der Waals surface area contributed by atoms with E-state index in [9.17, 15) is 9.46 Å². The van der Waals surface area contributed by atoms with Crippen LogP contribution in [0.25, 0.3) is 10.9 Å². The lowest BCUT2D eigenvalue weighted by atomic mass is 10.0. The van der Waals surface area contributed by atoms with E-state index < -0.39 is 7.82 Å². The molecule has 0 fully saturated rings. The van der Waals surface area contributed by atoms with E-state index in [-0.39, 0.29) is 0 Å². The van der Waals surface area contributed by atoms with Gasteiger partial charge in [0, 0.05) is 28.3 Å². The van der Waals surface area contributed by atoms with Crippen LogP contribution in [0.4, 0.5) is 5.69 Å². The maximum Gasteiger partial charge on any atom is 0.472 e. The van der Waals surface area contributed by atoms with Crippen molar-refractivity contribution >= 4 is 36.0 Å². The normalized spacial score (nSPS) is 12.3. The standard InChI is InChI=1S/C32H67O4P.C18H26ClN3/c1-3-5-7-9-11-13-15-17-19-21-23-25-27-29-31-35-37(33,34)36-32-30-28-26-24-22-20-18-16-14-12-10-8-6-4-2;1-4-22(5-2)12-6-7-14(3)21-17-10-11-20-18-13-15(19)8-9-16(17)18/h3-32H2,1-2H3,(H,33,34);8-11,13-14H,4-7,12H2,1-3H3,(H,20,21). The molecule has 59 heavy (non-hydrogen) atoms. The molecule has 1 heterocycles. The number of hydrogen-bond donors (Lipinski definition) is 2. The summed E-state index contributed by atoms with van der Waals surface area (Å²) in [4.78, 5) is 16.7. The first-order valence-electron chi connectivity index (χ1n) is 24.9. The molecule has 9 heteroatoms. The average Bonchev–Trinajstić information content (AvgIpc) is 3.22. The summed E-state index contributed by atoms with van der Waals surface area (Å²) in [5.74, 6) is 0. The molecule has 2 rings (SSSR count). The number of rotatable bonds is 40. The summed E-state index contributed by atoms with van der Waals surface area (Å²) < 4.78 is 22.3. The van der Waals surface area contributed by atoms with Gasteiger partial charge in [0.05, 0.1) is 18.7 Å². The molecule has 1 atom stereocenters. The maximum absolute atomic E-state index is 12.0. The number of aromatic nitrogens is 1. The fraction of sp³-hybridized carbons (Fsp3) is 0.820. The van der Waals surface area contributed by atoms with Crippen LogP contribution in [0.5, 0.6) is 0 Å². The molecule has 0 aliphatic heterocycles. The molecular weight excluding hydrogens is 773 g/mol. The molecule has 0 saturated carbocycles. The highest BCUT2D eigenvalue weighted by atomic mass is 35.5. The van der Waals surface area contributed by atoms with Crippen molar-refractivity contribution in [2.75, 3.05) is 38.2 Å². The minimum Gasteiger partial charge on any atom is -0.382 e. The van der Waals surface area contributed by atoms with Gasteiger partial charge in [0.2, 0.25) is 0 Å². The minimum absolute atomic E-state index is 0.324. The number of fused-ring (bicyclic) bond motifs is 1. The van der Waals surface area contributed by atoms with Gasteiger partial charge in [-0.3, -0.25) is 14.0 Å². The van der Waals surface area contributed by atoms with E-state index in [1.165, 1.54) is 167 Å². The molecule has 0 bridgehead atoms. The quantitative estimate of drug-likeness (QED) is 0.0510. The zero-order valence-corrected chi connectivity index (χ0v) is 40.8. The van der Waals surface area contributed by atoms with Crippen LogP contribution < -0.4 is 5.32 Å².